The van der Waals surface area contributed by atoms with Crippen LogP contribution in [0, 0.1) is 26.2 Å². The molecule has 6 aromatic carbocycles. The van der Waals surface area contributed by atoms with Crippen LogP contribution in [0.5, 0.6) is 0 Å². The zero-order valence-electron chi connectivity index (χ0n) is 32.7. The van der Waals surface area contributed by atoms with Gasteiger partial charge in [0.2, 0.25) is 0 Å². The molecule has 4 heteroatoms. The van der Waals surface area contributed by atoms with Gasteiger partial charge in [-0.2, -0.15) is 0 Å². The maximum absolute atomic E-state index is 10.3. The van der Waals surface area contributed by atoms with Crippen molar-refractivity contribution in [1.29, 1.82) is 5.41 Å². The lowest BCUT2D eigenvalue weighted by Crippen LogP contribution is -2.30. The van der Waals surface area contributed by atoms with Crippen LogP contribution in [0.15, 0.2) is 144 Å². The van der Waals surface area contributed by atoms with E-state index in [1.807, 2.05) is 25.1 Å². The summed E-state index contributed by atoms with van der Waals surface area (Å²) in [5, 5.41) is 12.3. The van der Waals surface area contributed by atoms with Gasteiger partial charge in [-0.05, 0) is 95.8 Å². The van der Waals surface area contributed by atoms with E-state index in [2.05, 4.69) is 168 Å². The van der Waals surface area contributed by atoms with Crippen LogP contribution < -0.4 is 4.90 Å². The van der Waals surface area contributed by atoms with Crippen LogP contribution in [0.3, 0.4) is 0 Å². The van der Waals surface area contributed by atoms with Crippen molar-refractivity contribution in [3.05, 3.63) is 173 Å². The molecule has 0 fully saturated rings. The first-order valence-electron chi connectivity index (χ1n) is 19.3. The lowest BCUT2D eigenvalue weighted by atomic mass is 9.88. The molecule has 55 heavy (non-hydrogen) atoms. The number of nitrogens with zero attached hydrogens (tertiary/aromatic N) is 2. The molecular formula is C51H47N3O. The van der Waals surface area contributed by atoms with Crippen LogP contribution in [-0.4, -0.2) is 10.8 Å². The first-order chi connectivity index (χ1) is 26.6. The van der Waals surface area contributed by atoms with E-state index in [1.165, 1.54) is 27.8 Å². The monoisotopic (exact) mass is 717 g/mol. The molecule has 272 valence electrons. The second-order valence-electron chi connectivity index (χ2n) is 15.3. The van der Waals surface area contributed by atoms with Crippen molar-refractivity contribution in [2.75, 3.05) is 4.90 Å². The smallest absolute Gasteiger partial charge is 0.146 e. The first-order valence-corrected chi connectivity index (χ1v) is 19.3. The Morgan fingerprint density at radius 3 is 1.76 bits per heavy atom. The minimum Gasteiger partial charge on any atom is -0.455 e. The number of furan rings is 1. The molecule has 0 unspecified atom stereocenters. The predicted octanol–water partition coefficient (Wildman–Crippen LogP) is 14.3. The fraction of sp³-hybridized carbons (Fsp3) is 0.176. The lowest BCUT2D eigenvalue weighted by molar-refractivity contribution is 0.668. The third kappa shape index (κ3) is 6.63. The van der Waals surface area contributed by atoms with E-state index < -0.39 is 0 Å². The Bertz CT molecular complexity index is 2660. The molecule has 0 aliphatic rings. The summed E-state index contributed by atoms with van der Waals surface area (Å²) >= 11 is 0. The van der Waals surface area contributed by atoms with E-state index in [1.54, 1.807) is 0 Å². The Kier molecular flexibility index (Phi) is 9.44. The molecule has 2 heterocycles. The summed E-state index contributed by atoms with van der Waals surface area (Å²) in [6.07, 6.45) is 0. The van der Waals surface area contributed by atoms with E-state index in [0.717, 1.165) is 66.9 Å². The highest BCUT2D eigenvalue weighted by Crippen LogP contribution is 2.44. The van der Waals surface area contributed by atoms with Gasteiger partial charge in [0.15, 0.2) is 0 Å². The van der Waals surface area contributed by atoms with Crippen LogP contribution in [-0.2, 0) is 0 Å². The van der Waals surface area contributed by atoms with Gasteiger partial charge in [-0.15, -0.1) is 0 Å². The van der Waals surface area contributed by atoms with Crippen LogP contribution in [0.2, 0.25) is 0 Å². The van der Waals surface area contributed by atoms with Gasteiger partial charge in [0, 0.05) is 22.0 Å². The number of aromatic nitrogens is 1. The third-order valence-electron chi connectivity index (χ3n) is 10.7. The van der Waals surface area contributed by atoms with Gasteiger partial charge >= 0.3 is 0 Å². The normalized spacial score (nSPS) is 11.6. The van der Waals surface area contributed by atoms with Crippen LogP contribution >= 0.6 is 0 Å². The lowest BCUT2D eigenvalue weighted by Gasteiger charge is -2.34. The Hall–Kier alpha value is -6.26. The van der Waals surface area contributed by atoms with Crippen molar-refractivity contribution in [2.24, 2.45) is 0 Å². The second kappa shape index (κ2) is 14.5. The number of hydrogen-bond acceptors (Lipinski definition) is 3. The summed E-state index contributed by atoms with van der Waals surface area (Å²) in [5.74, 6) is 0.810. The molecule has 0 bridgehead atoms. The Morgan fingerprint density at radius 1 is 0.582 bits per heavy atom. The fourth-order valence-corrected chi connectivity index (χ4v) is 7.93. The van der Waals surface area contributed by atoms with Gasteiger partial charge in [0.05, 0.1) is 22.6 Å². The number of fused-ring (bicyclic) bond motifs is 3. The second-order valence-corrected chi connectivity index (χ2v) is 15.3. The fourth-order valence-electron chi connectivity index (χ4n) is 7.93. The number of rotatable bonds is 8. The first kappa shape index (κ1) is 35.8. The number of aryl methyl sites for hydroxylation is 2. The van der Waals surface area contributed by atoms with Crippen molar-refractivity contribution in [2.45, 2.75) is 60.3 Å². The number of nitrogens with one attached hydrogen (secondary N) is 1. The highest BCUT2D eigenvalue weighted by atomic mass is 16.3. The maximum Gasteiger partial charge on any atom is 0.146 e. The van der Waals surface area contributed by atoms with Crippen molar-refractivity contribution >= 4 is 39.1 Å². The zero-order valence-corrected chi connectivity index (χ0v) is 32.7. The molecule has 0 spiro atoms. The number of anilines is 2. The molecule has 0 saturated heterocycles. The zero-order chi connectivity index (χ0) is 38.4. The number of benzene rings is 6. The van der Waals surface area contributed by atoms with Gasteiger partial charge in [-0.25, -0.2) is 0 Å². The molecule has 0 radical (unpaired) electrons. The van der Waals surface area contributed by atoms with Crippen LogP contribution in [0.1, 0.15) is 73.0 Å². The average Bonchev–Trinajstić information content (AvgIpc) is 3.58. The molecule has 0 amide bonds. The number of para-hydroxylation sites is 1. The molecule has 8 aromatic rings. The summed E-state index contributed by atoms with van der Waals surface area (Å²) in [5.41, 5.74) is 16.4. The van der Waals surface area contributed by atoms with E-state index in [-0.39, 0.29) is 11.8 Å². The van der Waals surface area contributed by atoms with Gasteiger partial charge in [0.1, 0.15) is 17.0 Å². The highest BCUT2D eigenvalue weighted by molar-refractivity contribution is 6.21. The van der Waals surface area contributed by atoms with E-state index in [9.17, 15) is 5.41 Å². The SMILES string of the molecule is Cc1cc(C(C)C)c(N(C(=N)c2cccc3c2oc2cc(-c4ccc(-c5ccccc5)cc4)ccc23)c2cc(C)nc(-c3ccccc3)c2C)c(C(C)C)c1. The summed E-state index contributed by atoms with van der Waals surface area (Å²) in [6, 6.07) is 48.9. The molecule has 0 atom stereocenters. The molecule has 1 N–H and O–H groups in total. The standard InChI is InChI=1S/C51H47N3O/c1-31(2)44-27-33(5)28-45(32(3)4)49(44)54(46-29-34(6)53-48(35(46)7)39-17-12-9-13-18-39)51(52)43-20-14-19-42-41-26-25-40(30-47(41)55-50(42)43)38-23-21-37(22-24-38)36-15-10-8-11-16-36/h8-32,52H,1-7H3. The molecule has 0 saturated carbocycles. The molecule has 2 aromatic heterocycles. The van der Waals surface area contributed by atoms with Gasteiger partial charge in [-0.1, -0.05) is 149 Å². The Morgan fingerprint density at radius 2 is 1.15 bits per heavy atom. The highest BCUT2D eigenvalue weighted by Gasteiger charge is 2.29. The molecule has 0 aliphatic carbocycles. The van der Waals surface area contributed by atoms with E-state index >= 15 is 0 Å². The van der Waals surface area contributed by atoms with Crippen molar-refractivity contribution in [3.63, 3.8) is 0 Å². The quantitative estimate of drug-likeness (QED) is 0.126. The Balaban J connectivity index is 1.31. The van der Waals surface area contributed by atoms with Gasteiger partial charge in [0.25, 0.3) is 0 Å². The topological polar surface area (TPSA) is 53.1 Å². The maximum atomic E-state index is 10.3. The summed E-state index contributed by atoms with van der Waals surface area (Å²) in [6.45, 7) is 15.3. The predicted molar refractivity (Wildman–Crippen MR) is 232 cm³/mol. The van der Waals surface area contributed by atoms with Crippen LogP contribution in [0.4, 0.5) is 11.4 Å². The minimum atomic E-state index is 0.224. The van der Waals surface area contributed by atoms with E-state index in [0.29, 0.717) is 11.4 Å². The van der Waals surface area contributed by atoms with Crippen molar-refractivity contribution in [3.8, 4) is 33.5 Å². The van der Waals surface area contributed by atoms with Crippen LogP contribution in [0.25, 0.3) is 55.4 Å². The number of pyridine rings is 1. The van der Waals surface area contributed by atoms with E-state index in [4.69, 9.17) is 9.40 Å². The third-order valence-corrected chi connectivity index (χ3v) is 10.7. The molecule has 0 aliphatic heterocycles. The van der Waals surface area contributed by atoms with Gasteiger partial charge in [-0.3, -0.25) is 15.3 Å². The number of hydrogen-bond donors (Lipinski definition) is 1. The van der Waals surface area contributed by atoms with Crippen molar-refractivity contribution < 1.29 is 4.42 Å². The minimum absolute atomic E-state index is 0.224. The Labute approximate surface area is 324 Å². The average molecular weight is 718 g/mol. The summed E-state index contributed by atoms with van der Waals surface area (Å²) in [4.78, 5) is 7.24. The largest absolute Gasteiger partial charge is 0.455 e. The van der Waals surface area contributed by atoms with Gasteiger partial charge < -0.3 is 4.42 Å². The summed E-state index contributed by atoms with van der Waals surface area (Å²) < 4.78 is 6.82. The summed E-state index contributed by atoms with van der Waals surface area (Å²) in [7, 11) is 0. The molecule has 8 rings (SSSR count). The van der Waals surface area contributed by atoms with Crippen molar-refractivity contribution in [1.82, 2.24) is 4.98 Å². The molecular weight excluding hydrogens is 671 g/mol. The number of amidine groups is 1. The molecule has 4 nitrogen and oxygen atoms in total.